The third-order valence-electron chi connectivity index (χ3n) is 4.02. The molecule has 2 rings (SSSR count). The van der Waals surface area contributed by atoms with Crippen molar-refractivity contribution in [2.24, 2.45) is 0 Å². The first-order valence-electron chi connectivity index (χ1n) is 9.23. The summed E-state index contributed by atoms with van der Waals surface area (Å²) < 4.78 is 9.86. The first-order chi connectivity index (χ1) is 13.3. The van der Waals surface area contributed by atoms with Crippen molar-refractivity contribution < 1.29 is 13.8 Å². The van der Waals surface area contributed by atoms with Gasteiger partial charge in [-0.1, -0.05) is 54.6 Å². The van der Waals surface area contributed by atoms with Crippen molar-refractivity contribution >= 4 is 23.9 Å². The maximum atomic E-state index is 10.9. The number of ether oxygens (including phenoxy) is 1. The SMILES string of the molecule is O=C(CCNC/C=C/c1ccc(OCCCCc2ccccc2)cc1)OCl. The highest BCUT2D eigenvalue weighted by Crippen LogP contribution is 2.14. The molecule has 0 fully saturated rings. The number of unbranched alkanes of at least 4 members (excludes halogenated alkanes) is 1. The molecule has 0 bridgehead atoms. The van der Waals surface area contributed by atoms with Crippen LogP contribution >= 0.6 is 11.9 Å². The van der Waals surface area contributed by atoms with Crippen LogP contribution in [-0.2, 0) is 15.5 Å². The van der Waals surface area contributed by atoms with Crippen LogP contribution in [0.15, 0.2) is 60.7 Å². The highest BCUT2D eigenvalue weighted by atomic mass is 35.5. The van der Waals surface area contributed by atoms with Gasteiger partial charge in [0.05, 0.1) is 13.0 Å². The van der Waals surface area contributed by atoms with Gasteiger partial charge in [-0.05, 0) is 42.5 Å². The first kappa shape index (κ1) is 21.0. The lowest BCUT2D eigenvalue weighted by atomic mass is 10.1. The lowest BCUT2D eigenvalue weighted by Crippen LogP contribution is -2.18. The van der Waals surface area contributed by atoms with Crippen molar-refractivity contribution in [1.82, 2.24) is 5.32 Å². The molecule has 0 saturated carbocycles. The summed E-state index contributed by atoms with van der Waals surface area (Å²) in [6, 6.07) is 18.6. The Hall–Kier alpha value is -2.30. The van der Waals surface area contributed by atoms with Gasteiger partial charge in [-0.15, -0.1) is 0 Å². The van der Waals surface area contributed by atoms with Gasteiger partial charge < -0.3 is 14.3 Å². The van der Waals surface area contributed by atoms with Gasteiger partial charge in [0.2, 0.25) is 0 Å². The lowest BCUT2D eigenvalue weighted by Gasteiger charge is -2.06. The number of benzene rings is 2. The third-order valence-corrected chi connectivity index (χ3v) is 4.19. The first-order valence-corrected chi connectivity index (χ1v) is 9.54. The highest BCUT2D eigenvalue weighted by Gasteiger charge is 1.99. The van der Waals surface area contributed by atoms with E-state index < -0.39 is 5.97 Å². The number of rotatable bonds is 12. The number of nitrogens with one attached hydrogen (secondary N) is 1. The zero-order valence-corrected chi connectivity index (χ0v) is 16.2. The van der Waals surface area contributed by atoms with E-state index in [2.05, 4.69) is 33.9 Å². The monoisotopic (exact) mass is 387 g/mol. The van der Waals surface area contributed by atoms with Gasteiger partial charge in [-0.3, -0.25) is 4.79 Å². The van der Waals surface area contributed by atoms with Crippen molar-refractivity contribution in [3.63, 3.8) is 0 Å². The maximum absolute atomic E-state index is 10.9. The molecule has 4 nitrogen and oxygen atoms in total. The van der Waals surface area contributed by atoms with E-state index in [9.17, 15) is 4.79 Å². The summed E-state index contributed by atoms with van der Waals surface area (Å²) in [6.07, 6.45) is 7.55. The van der Waals surface area contributed by atoms with Crippen LogP contribution < -0.4 is 10.1 Å². The van der Waals surface area contributed by atoms with Gasteiger partial charge in [0.1, 0.15) is 17.6 Å². The van der Waals surface area contributed by atoms with Crippen LogP contribution in [0.1, 0.15) is 30.4 Å². The maximum Gasteiger partial charge on any atom is 0.326 e. The molecule has 144 valence electrons. The fraction of sp³-hybridized carbons (Fsp3) is 0.318. The van der Waals surface area contributed by atoms with Crippen molar-refractivity contribution in [2.45, 2.75) is 25.7 Å². The summed E-state index contributed by atoms with van der Waals surface area (Å²) in [6.45, 7) is 1.94. The highest BCUT2D eigenvalue weighted by molar-refractivity contribution is 6.13. The van der Waals surface area contributed by atoms with Crippen LogP contribution in [0.4, 0.5) is 0 Å². The van der Waals surface area contributed by atoms with Gasteiger partial charge in [0.25, 0.3) is 0 Å². The second kappa shape index (κ2) is 13.0. The third kappa shape index (κ3) is 9.27. The van der Waals surface area contributed by atoms with Crippen LogP contribution in [-0.4, -0.2) is 25.7 Å². The van der Waals surface area contributed by atoms with Crippen molar-refractivity contribution in [3.8, 4) is 5.75 Å². The molecular formula is C22H26ClNO3. The molecule has 0 aromatic heterocycles. The van der Waals surface area contributed by atoms with E-state index in [1.54, 1.807) is 0 Å². The van der Waals surface area contributed by atoms with Gasteiger partial charge in [0, 0.05) is 13.1 Å². The predicted molar refractivity (Wildman–Crippen MR) is 110 cm³/mol. The molecule has 5 heteroatoms. The van der Waals surface area contributed by atoms with Crippen LogP contribution in [0.3, 0.4) is 0 Å². The molecule has 0 atom stereocenters. The van der Waals surface area contributed by atoms with E-state index in [0.29, 0.717) is 13.1 Å². The van der Waals surface area contributed by atoms with E-state index in [1.807, 2.05) is 42.5 Å². The fourth-order valence-electron chi connectivity index (χ4n) is 2.55. The summed E-state index contributed by atoms with van der Waals surface area (Å²) in [5.74, 6) is 0.466. The Balaban J connectivity index is 1.57. The Bertz CT molecular complexity index is 686. The Kier molecular flexibility index (Phi) is 10.1. The molecule has 0 heterocycles. The van der Waals surface area contributed by atoms with Gasteiger partial charge in [-0.2, -0.15) is 0 Å². The quantitative estimate of drug-likeness (QED) is 0.532. The minimum absolute atomic E-state index is 0.259. The topological polar surface area (TPSA) is 47.6 Å². The number of halogens is 1. The molecule has 1 N–H and O–H groups in total. The Labute approximate surface area is 166 Å². The Morgan fingerprint density at radius 1 is 1.04 bits per heavy atom. The summed E-state index contributed by atoms with van der Waals surface area (Å²) >= 11 is 4.96. The Morgan fingerprint density at radius 2 is 1.81 bits per heavy atom. The number of hydrogen-bond acceptors (Lipinski definition) is 4. The summed E-state index contributed by atoms with van der Waals surface area (Å²) in [7, 11) is 0. The molecule has 27 heavy (non-hydrogen) atoms. The summed E-state index contributed by atoms with van der Waals surface area (Å²) in [5.41, 5.74) is 2.48. The average Bonchev–Trinajstić information content (AvgIpc) is 2.72. The number of carbonyl (C=O) groups excluding carboxylic acids is 1. The molecule has 0 unspecified atom stereocenters. The van der Waals surface area contributed by atoms with Crippen LogP contribution in [0.25, 0.3) is 6.08 Å². The summed E-state index contributed by atoms with van der Waals surface area (Å²) in [4.78, 5) is 10.9. The zero-order chi connectivity index (χ0) is 19.2. The van der Waals surface area contributed by atoms with E-state index >= 15 is 0 Å². The second-order valence-electron chi connectivity index (χ2n) is 6.17. The minimum atomic E-state index is -0.427. The van der Waals surface area contributed by atoms with Gasteiger partial charge >= 0.3 is 5.97 Å². The second-order valence-corrected chi connectivity index (χ2v) is 6.32. The number of carbonyl (C=O) groups is 1. The molecule has 0 aliphatic carbocycles. The van der Waals surface area contributed by atoms with E-state index in [4.69, 9.17) is 16.6 Å². The molecular weight excluding hydrogens is 362 g/mol. The van der Waals surface area contributed by atoms with E-state index in [0.717, 1.165) is 37.2 Å². The van der Waals surface area contributed by atoms with Crippen molar-refractivity contribution in [3.05, 3.63) is 71.8 Å². The van der Waals surface area contributed by atoms with Crippen molar-refractivity contribution in [2.75, 3.05) is 19.7 Å². The van der Waals surface area contributed by atoms with E-state index in [-0.39, 0.29) is 6.42 Å². The lowest BCUT2D eigenvalue weighted by molar-refractivity contribution is -0.133. The molecule has 0 amide bonds. The number of hydrogen-bond donors (Lipinski definition) is 1. The van der Waals surface area contributed by atoms with Gasteiger partial charge in [0.15, 0.2) is 0 Å². The molecule has 2 aromatic rings. The predicted octanol–water partition coefficient (Wildman–Crippen LogP) is 4.78. The van der Waals surface area contributed by atoms with Crippen LogP contribution in [0, 0.1) is 0 Å². The minimum Gasteiger partial charge on any atom is -0.494 e. The van der Waals surface area contributed by atoms with Crippen LogP contribution in [0.5, 0.6) is 5.75 Å². The molecule has 0 radical (unpaired) electrons. The van der Waals surface area contributed by atoms with E-state index in [1.165, 1.54) is 5.56 Å². The fourth-order valence-corrected chi connectivity index (χ4v) is 2.63. The number of aryl methyl sites for hydroxylation is 1. The largest absolute Gasteiger partial charge is 0.494 e. The molecule has 0 spiro atoms. The summed E-state index contributed by atoms with van der Waals surface area (Å²) in [5, 5.41) is 3.11. The standard InChI is InChI=1S/C22H26ClNO3/c23-27-22(25)15-17-24-16-6-10-20-11-13-21(14-12-20)26-18-5-4-9-19-7-2-1-3-8-19/h1-3,6-8,10-14,24H,4-5,9,15-18H2/b10-6+. The molecule has 2 aromatic carbocycles. The average molecular weight is 388 g/mol. The smallest absolute Gasteiger partial charge is 0.326 e. The molecule has 0 aliphatic rings. The zero-order valence-electron chi connectivity index (χ0n) is 15.4. The normalized spacial score (nSPS) is 10.9. The molecule has 0 aliphatic heterocycles. The van der Waals surface area contributed by atoms with Crippen molar-refractivity contribution in [1.29, 1.82) is 0 Å². The molecule has 0 saturated heterocycles. The van der Waals surface area contributed by atoms with Gasteiger partial charge in [-0.25, -0.2) is 0 Å². The van der Waals surface area contributed by atoms with Crippen LogP contribution in [0.2, 0.25) is 0 Å². The Morgan fingerprint density at radius 3 is 2.56 bits per heavy atom.